The zero-order valence-corrected chi connectivity index (χ0v) is 9.87. The summed E-state index contributed by atoms with van der Waals surface area (Å²) >= 11 is 0. The van der Waals surface area contributed by atoms with Crippen molar-refractivity contribution in [2.24, 2.45) is 0 Å². The summed E-state index contributed by atoms with van der Waals surface area (Å²) in [4.78, 5) is 3.97. The first-order valence-electron chi connectivity index (χ1n) is 3.26. The third-order valence-electron chi connectivity index (χ3n) is 1.03. The number of pyridine rings is 1. The van der Waals surface area contributed by atoms with Crippen molar-refractivity contribution in [1.29, 1.82) is 0 Å². The molecule has 1 aromatic rings. The summed E-state index contributed by atoms with van der Waals surface area (Å²) in [5.41, 5.74) is 0. The van der Waals surface area contributed by atoms with E-state index in [2.05, 4.69) is 11.9 Å². The number of halogens is 1. The monoisotopic (exact) mass is 239 g/mol. The van der Waals surface area contributed by atoms with Gasteiger partial charge in [0.2, 0.25) is 5.88 Å². The zero-order valence-electron chi connectivity index (χ0n) is 6.87. The van der Waals surface area contributed by atoms with Gasteiger partial charge in [0.05, 0.1) is 6.61 Å². The molecule has 0 aromatic carbocycles. The summed E-state index contributed by atoms with van der Waals surface area (Å²) in [6.07, 6.45) is 2.48. The molecule has 1 heterocycles. The summed E-state index contributed by atoms with van der Waals surface area (Å²) in [7, 11) is 0. The van der Waals surface area contributed by atoms with Crippen molar-refractivity contribution in [3.8, 4) is 5.88 Å². The van der Waals surface area contributed by atoms with Crippen molar-refractivity contribution >= 4 is 23.1 Å². The van der Waals surface area contributed by atoms with Crippen LogP contribution in [0.3, 0.4) is 0 Å². The van der Waals surface area contributed by atoms with E-state index in [1.807, 2.05) is 18.2 Å². The molecule has 1 rings (SSSR count). The van der Waals surface area contributed by atoms with Crippen LogP contribution in [0.5, 0.6) is 5.88 Å². The third-order valence-corrected chi connectivity index (χ3v) is 1.03. The first-order valence-corrected chi connectivity index (χ1v) is 3.26. The molecule has 0 saturated carbocycles. The van der Waals surface area contributed by atoms with Gasteiger partial charge < -0.3 is 28.6 Å². The Hall–Kier alpha value is 0.196. The molecule has 2 nitrogen and oxygen atoms in total. The molecule has 0 aliphatic rings. The van der Waals surface area contributed by atoms with Gasteiger partial charge in [-0.3, -0.25) is 0 Å². The predicted molar refractivity (Wildman–Crippen MR) is 45.5 cm³/mol. The van der Waals surface area contributed by atoms with E-state index in [-0.39, 0.29) is 40.0 Å². The summed E-state index contributed by atoms with van der Waals surface area (Å²) < 4.78 is 5.18. The standard InChI is InChI=1S/C8H10NO.BrH.Mg/c1-2-7-10-8-5-3-4-6-9-8;;/h3-6H,1-2,7H2;1H;/q-1;;+2/p-1. The number of rotatable bonds is 3. The van der Waals surface area contributed by atoms with Crippen LogP contribution in [0.4, 0.5) is 0 Å². The van der Waals surface area contributed by atoms with Crippen molar-refractivity contribution < 1.29 is 21.7 Å². The van der Waals surface area contributed by atoms with Gasteiger partial charge in [0, 0.05) is 12.3 Å². The minimum Gasteiger partial charge on any atom is -1.00 e. The molecule has 0 fully saturated rings. The Kier molecular flexibility index (Phi) is 11.4. The number of hydrogen-bond donors (Lipinski definition) is 0. The molecule has 0 saturated heterocycles. The van der Waals surface area contributed by atoms with Crippen molar-refractivity contribution in [3.05, 3.63) is 31.3 Å². The molecular weight excluding hydrogens is 230 g/mol. The van der Waals surface area contributed by atoms with Crippen LogP contribution in [-0.2, 0) is 0 Å². The molecule has 12 heavy (non-hydrogen) atoms. The molecule has 0 spiro atoms. The summed E-state index contributed by atoms with van der Waals surface area (Å²) in [6.45, 7) is 4.28. The van der Waals surface area contributed by atoms with Gasteiger partial charge in [0.25, 0.3) is 0 Å². The van der Waals surface area contributed by atoms with Gasteiger partial charge >= 0.3 is 23.1 Å². The molecular formula is C8H10BrMgNO. The third kappa shape index (κ3) is 5.80. The number of aromatic nitrogens is 1. The summed E-state index contributed by atoms with van der Waals surface area (Å²) in [5.74, 6) is 0.672. The summed E-state index contributed by atoms with van der Waals surface area (Å²) in [6, 6.07) is 5.58. The van der Waals surface area contributed by atoms with Crippen LogP contribution in [-0.4, -0.2) is 34.6 Å². The van der Waals surface area contributed by atoms with Gasteiger partial charge in [-0.1, -0.05) is 6.07 Å². The Morgan fingerprint density at radius 3 is 2.67 bits per heavy atom. The SMILES string of the molecule is [Br-].[CH2-]CCOc1ccccn1.[Mg+2]. The second kappa shape index (κ2) is 9.29. The maximum absolute atomic E-state index is 5.18. The minimum atomic E-state index is 0. The van der Waals surface area contributed by atoms with Crippen molar-refractivity contribution in [3.63, 3.8) is 0 Å². The Bertz CT molecular complexity index is 184. The molecule has 62 valence electrons. The fourth-order valence-corrected chi connectivity index (χ4v) is 0.609. The van der Waals surface area contributed by atoms with E-state index in [9.17, 15) is 0 Å². The van der Waals surface area contributed by atoms with Crippen LogP contribution < -0.4 is 21.7 Å². The number of ether oxygens (including phenoxy) is 1. The van der Waals surface area contributed by atoms with Crippen molar-refractivity contribution in [2.75, 3.05) is 6.61 Å². The number of hydrogen-bond acceptors (Lipinski definition) is 2. The van der Waals surface area contributed by atoms with Gasteiger partial charge in [-0.2, -0.15) is 0 Å². The number of nitrogens with zero attached hydrogens (tertiary/aromatic N) is 1. The molecule has 0 aliphatic carbocycles. The molecule has 0 amide bonds. The molecule has 0 unspecified atom stereocenters. The van der Waals surface area contributed by atoms with Crippen LogP contribution in [0.2, 0.25) is 0 Å². The molecule has 0 N–H and O–H groups in total. The van der Waals surface area contributed by atoms with Gasteiger partial charge in [-0.15, -0.1) is 6.42 Å². The van der Waals surface area contributed by atoms with Crippen LogP contribution in [0.15, 0.2) is 24.4 Å². The maximum atomic E-state index is 5.18. The van der Waals surface area contributed by atoms with Crippen molar-refractivity contribution in [2.45, 2.75) is 6.42 Å². The summed E-state index contributed by atoms with van der Waals surface area (Å²) in [5, 5.41) is 0. The smallest absolute Gasteiger partial charge is 1.00 e. The van der Waals surface area contributed by atoms with E-state index in [4.69, 9.17) is 4.74 Å². The van der Waals surface area contributed by atoms with Gasteiger partial charge in [-0.25, -0.2) is 4.98 Å². The van der Waals surface area contributed by atoms with Crippen LogP contribution in [0.1, 0.15) is 6.42 Å². The molecule has 0 radical (unpaired) electrons. The largest absolute Gasteiger partial charge is 2.00 e. The Morgan fingerprint density at radius 1 is 1.42 bits per heavy atom. The normalized spacial score (nSPS) is 7.75. The molecule has 1 aromatic heterocycles. The van der Waals surface area contributed by atoms with Gasteiger partial charge in [0.15, 0.2) is 0 Å². The van der Waals surface area contributed by atoms with E-state index in [1.54, 1.807) is 6.20 Å². The second-order valence-electron chi connectivity index (χ2n) is 1.87. The minimum absolute atomic E-state index is 0. The topological polar surface area (TPSA) is 22.1 Å². The van der Waals surface area contributed by atoms with E-state index < -0.39 is 0 Å². The Balaban J connectivity index is 0. The van der Waals surface area contributed by atoms with E-state index in [0.717, 1.165) is 6.42 Å². The quantitative estimate of drug-likeness (QED) is 0.464. The second-order valence-corrected chi connectivity index (χ2v) is 1.87. The van der Waals surface area contributed by atoms with Crippen LogP contribution >= 0.6 is 0 Å². The zero-order chi connectivity index (χ0) is 7.23. The molecule has 4 heteroatoms. The average molecular weight is 240 g/mol. The van der Waals surface area contributed by atoms with E-state index >= 15 is 0 Å². The fraction of sp³-hybridized carbons (Fsp3) is 0.250. The van der Waals surface area contributed by atoms with Crippen LogP contribution in [0, 0.1) is 6.92 Å². The van der Waals surface area contributed by atoms with Gasteiger partial charge in [-0.05, 0) is 6.07 Å². The van der Waals surface area contributed by atoms with E-state index in [1.165, 1.54) is 0 Å². The van der Waals surface area contributed by atoms with E-state index in [0.29, 0.717) is 12.5 Å². The Morgan fingerprint density at radius 2 is 2.17 bits per heavy atom. The maximum Gasteiger partial charge on any atom is 2.00 e. The average Bonchev–Trinajstić information content (AvgIpc) is 2.03. The molecule has 0 atom stereocenters. The fourth-order valence-electron chi connectivity index (χ4n) is 0.609. The van der Waals surface area contributed by atoms with Gasteiger partial charge in [0.1, 0.15) is 0 Å². The van der Waals surface area contributed by atoms with Crippen molar-refractivity contribution in [1.82, 2.24) is 4.98 Å². The Labute approximate surface area is 99.6 Å². The van der Waals surface area contributed by atoms with Crippen LogP contribution in [0.25, 0.3) is 0 Å². The molecule has 0 aliphatic heterocycles. The first-order chi connectivity index (χ1) is 4.93. The first kappa shape index (κ1) is 14.7. The predicted octanol–water partition coefficient (Wildman–Crippen LogP) is -1.69. The molecule has 0 bridgehead atoms.